The van der Waals surface area contributed by atoms with Crippen molar-refractivity contribution >= 4 is 6.21 Å². The molecule has 0 radical (unpaired) electrons. The summed E-state index contributed by atoms with van der Waals surface area (Å²) in [7, 11) is 0. The third-order valence-electron chi connectivity index (χ3n) is 6.72. The molecule has 138 valence electrons. The summed E-state index contributed by atoms with van der Waals surface area (Å²) < 4.78 is 0. The van der Waals surface area contributed by atoms with Crippen molar-refractivity contribution in [3.63, 3.8) is 0 Å². The second kappa shape index (κ2) is 7.11. The summed E-state index contributed by atoms with van der Waals surface area (Å²) in [4.78, 5) is 5.32. The lowest BCUT2D eigenvalue weighted by Gasteiger charge is -2.54. The van der Waals surface area contributed by atoms with E-state index in [-0.39, 0.29) is 10.8 Å². The summed E-state index contributed by atoms with van der Waals surface area (Å²) >= 11 is 0. The van der Waals surface area contributed by atoms with Crippen LogP contribution in [-0.4, -0.2) is 19.4 Å². The number of fused-ring (bicyclic) bond motifs is 3. The highest BCUT2D eigenvalue weighted by atomic mass is 16.6. The van der Waals surface area contributed by atoms with Gasteiger partial charge in [-0.2, -0.15) is 0 Å². The van der Waals surface area contributed by atoms with Crippen molar-refractivity contribution in [2.24, 2.45) is 22.2 Å². The lowest BCUT2D eigenvalue weighted by molar-refractivity contribution is 0.0748. The van der Waals surface area contributed by atoms with Crippen LogP contribution >= 0.6 is 0 Å². The van der Waals surface area contributed by atoms with Crippen molar-refractivity contribution in [3.8, 4) is 0 Å². The van der Waals surface area contributed by atoms with Gasteiger partial charge in [-0.25, -0.2) is 0 Å². The van der Waals surface area contributed by atoms with Crippen molar-refractivity contribution in [1.29, 1.82) is 0 Å². The van der Waals surface area contributed by atoms with Gasteiger partial charge in [0.2, 0.25) is 0 Å². The van der Waals surface area contributed by atoms with Crippen LogP contribution in [0.25, 0.3) is 0 Å². The Morgan fingerprint density at radius 2 is 2.12 bits per heavy atom. The van der Waals surface area contributed by atoms with Crippen molar-refractivity contribution < 1.29 is 4.84 Å². The molecule has 25 heavy (non-hydrogen) atoms. The summed E-state index contributed by atoms with van der Waals surface area (Å²) in [5, 5.41) is 4.27. The quantitative estimate of drug-likeness (QED) is 0.475. The third kappa shape index (κ3) is 3.36. The van der Waals surface area contributed by atoms with Gasteiger partial charge in [0.15, 0.2) is 0 Å². The first-order valence-corrected chi connectivity index (χ1v) is 9.90. The Labute approximate surface area is 153 Å². The Morgan fingerprint density at radius 1 is 1.32 bits per heavy atom. The van der Waals surface area contributed by atoms with Crippen LogP contribution in [0.4, 0.5) is 0 Å². The van der Waals surface area contributed by atoms with Gasteiger partial charge in [0.25, 0.3) is 0 Å². The van der Waals surface area contributed by atoms with Crippen molar-refractivity contribution in [2.45, 2.75) is 71.1 Å². The van der Waals surface area contributed by atoms with E-state index in [1.807, 2.05) is 0 Å². The normalized spacial score (nSPS) is 31.8. The van der Waals surface area contributed by atoms with E-state index >= 15 is 0 Å². The van der Waals surface area contributed by atoms with E-state index in [2.05, 4.69) is 57.3 Å². The number of nitrogens with two attached hydrogens (primary N) is 1. The van der Waals surface area contributed by atoms with Gasteiger partial charge in [-0.05, 0) is 59.6 Å². The summed E-state index contributed by atoms with van der Waals surface area (Å²) in [6.45, 7) is 10.4. The van der Waals surface area contributed by atoms with Crippen LogP contribution in [-0.2, 0) is 16.7 Å². The number of oxime groups is 1. The fourth-order valence-corrected chi connectivity index (χ4v) is 5.34. The molecule has 0 saturated heterocycles. The molecule has 3 rings (SSSR count). The van der Waals surface area contributed by atoms with E-state index in [0.717, 1.165) is 0 Å². The number of hydrogen-bond donors (Lipinski definition) is 1. The molecule has 0 heterocycles. The maximum atomic E-state index is 5.50. The summed E-state index contributed by atoms with van der Waals surface area (Å²) in [6, 6.07) is 7.23. The van der Waals surface area contributed by atoms with Gasteiger partial charge in [-0.15, -0.1) is 0 Å². The lowest BCUT2D eigenvalue weighted by atomic mass is 9.50. The first kappa shape index (κ1) is 18.4. The molecular formula is C22H34N2O. The largest absolute Gasteiger partial charge is 0.395 e. The zero-order valence-electron chi connectivity index (χ0n) is 16.3. The van der Waals surface area contributed by atoms with E-state index in [0.29, 0.717) is 25.0 Å². The molecule has 0 spiro atoms. The highest BCUT2D eigenvalue weighted by Gasteiger charge is 2.51. The zero-order chi connectivity index (χ0) is 18.1. The van der Waals surface area contributed by atoms with Crippen LogP contribution in [0.5, 0.6) is 0 Å². The average molecular weight is 343 g/mol. The molecule has 1 fully saturated rings. The minimum Gasteiger partial charge on any atom is -0.395 e. The van der Waals surface area contributed by atoms with Gasteiger partial charge in [-0.3, -0.25) is 0 Å². The topological polar surface area (TPSA) is 47.6 Å². The minimum atomic E-state index is 0.107. The van der Waals surface area contributed by atoms with Crippen LogP contribution in [0.2, 0.25) is 0 Å². The first-order chi connectivity index (χ1) is 11.9. The van der Waals surface area contributed by atoms with Crippen molar-refractivity contribution in [3.05, 3.63) is 34.9 Å². The fraction of sp³-hybridized carbons (Fsp3) is 0.682. The summed E-state index contributed by atoms with van der Waals surface area (Å²) in [5.41, 5.74) is 10.5. The number of nitrogens with zero attached hydrogens (tertiary/aromatic N) is 1. The SMILES string of the molecule is CC(C)c1ccc2c(c1)CC[C@H]1[C@](C)(/C=N/OCCN)CCC[C@]21C. The monoisotopic (exact) mass is 342 g/mol. The van der Waals surface area contributed by atoms with Crippen LogP contribution in [0.3, 0.4) is 0 Å². The molecule has 0 amide bonds. The van der Waals surface area contributed by atoms with Gasteiger partial charge in [0, 0.05) is 18.2 Å². The standard InChI is InChI=1S/C22H34N2O/c1-16(2)17-6-8-19-18(14-17)7-9-20-21(3,15-24-25-13-12-23)10-5-11-22(19,20)4/h6,8,14-16,20H,5,7,9-13,23H2,1-4H3/b24-15+/t20-,21-,22+/m0/s1. The predicted molar refractivity (Wildman–Crippen MR) is 105 cm³/mol. The Morgan fingerprint density at radius 3 is 2.84 bits per heavy atom. The van der Waals surface area contributed by atoms with Crippen LogP contribution in [0.15, 0.2) is 23.4 Å². The van der Waals surface area contributed by atoms with Crippen LogP contribution in [0.1, 0.15) is 76.0 Å². The number of rotatable bonds is 5. The molecule has 1 aromatic carbocycles. The lowest BCUT2D eigenvalue weighted by Crippen LogP contribution is -2.49. The number of hydrogen-bond acceptors (Lipinski definition) is 3. The van der Waals surface area contributed by atoms with Gasteiger partial charge in [-0.1, -0.05) is 57.5 Å². The summed E-state index contributed by atoms with van der Waals surface area (Å²) in [5.74, 6) is 1.22. The van der Waals surface area contributed by atoms with Crippen LogP contribution in [0, 0.1) is 11.3 Å². The average Bonchev–Trinajstić information content (AvgIpc) is 2.58. The smallest absolute Gasteiger partial charge is 0.129 e. The molecule has 0 bridgehead atoms. The number of benzene rings is 1. The predicted octanol–water partition coefficient (Wildman–Crippen LogP) is 4.78. The molecule has 0 aromatic heterocycles. The van der Waals surface area contributed by atoms with Gasteiger partial charge < -0.3 is 10.6 Å². The molecule has 3 heteroatoms. The Balaban J connectivity index is 1.91. The molecule has 1 saturated carbocycles. The van der Waals surface area contributed by atoms with E-state index < -0.39 is 0 Å². The minimum absolute atomic E-state index is 0.107. The summed E-state index contributed by atoms with van der Waals surface area (Å²) in [6.07, 6.45) is 8.23. The van der Waals surface area contributed by atoms with E-state index in [9.17, 15) is 0 Å². The van der Waals surface area contributed by atoms with E-state index in [4.69, 9.17) is 10.6 Å². The molecule has 1 aromatic rings. The van der Waals surface area contributed by atoms with Gasteiger partial charge >= 0.3 is 0 Å². The fourth-order valence-electron chi connectivity index (χ4n) is 5.34. The van der Waals surface area contributed by atoms with Gasteiger partial charge in [0.05, 0.1) is 0 Å². The Kier molecular flexibility index (Phi) is 5.24. The first-order valence-electron chi connectivity index (χ1n) is 9.90. The van der Waals surface area contributed by atoms with E-state index in [1.54, 1.807) is 11.1 Å². The molecule has 2 aliphatic rings. The maximum Gasteiger partial charge on any atom is 0.129 e. The molecular weight excluding hydrogens is 308 g/mol. The third-order valence-corrected chi connectivity index (χ3v) is 6.72. The van der Waals surface area contributed by atoms with Crippen molar-refractivity contribution in [1.82, 2.24) is 0 Å². The molecule has 0 unspecified atom stereocenters. The Bertz CT molecular complexity index is 639. The molecule has 2 aliphatic carbocycles. The Hall–Kier alpha value is -1.35. The van der Waals surface area contributed by atoms with Crippen LogP contribution < -0.4 is 5.73 Å². The highest BCUT2D eigenvalue weighted by molar-refractivity contribution is 5.66. The second-order valence-corrected chi connectivity index (χ2v) is 8.80. The number of aryl methyl sites for hydroxylation is 1. The zero-order valence-corrected chi connectivity index (χ0v) is 16.3. The highest BCUT2D eigenvalue weighted by Crippen LogP contribution is 2.56. The molecule has 0 aliphatic heterocycles. The van der Waals surface area contributed by atoms with E-state index in [1.165, 1.54) is 37.7 Å². The van der Waals surface area contributed by atoms with Gasteiger partial charge in [0.1, 0.15) is 6.61 Å². The molecule has 2 N–H and O–H groups in total. The van der Waals surface area contributed by atoms with Crippen molar-refractivity contribution in [2.75, 3.05) is 13.2 Å². The molecule has 3 nitrogen and oxygen atoms in total. The maximum absolute atomic E-state index is 5.50. The second-order valence-electron chi connectivity index (χ2n) is 8.80. The molecule has 3 atom stereocenters.